The molecule has 1 aliphatic rings. The minimum atomic E-state index is -0.502. The Kier molecular flexibility index (Phi) is 8.30. The number of carbonyl (C=O) groups excluding carboxylic acids is 3. The zero-order chi connectivity index (χ0) is 19.6. The summed E-state index contributed by atoms with van der Waals surface area (Å²) in [5.41, 5.74) is 6.20. The second-order valence-corrected chi connectivity index (χ2v) is 7.26. The molecule has 0 aliphatic heterocycles. The van der Waals surface area contributed by atoms with Crippen LogP contribution in [0.3, 0.4) is 0 Å². The van der Waals surface area contributed by atoms with Crippen LogP contribution in [0.4, 0.5) is 5.69 Å². The minimum Gasteiger partial charge on any atom is -0.366 e. The Hall–Kier alpha value is -2.37. The van der Waals surface area contributed by atoms with Gasteiger partial charge in [-0.2, -0.15) is 0 Å². The van der Waals surface area contributed by atoms with E-state index >= 15 is 0 Å². The summed E-state index contributed by atoms with van der Waals surface area (Å²) in [6.07, 6.45) is 8.19. The lowest BCUT2D eigenvalue weighted by molar-refractivity contribution is -0.131. The summed E-state index contributed by atoms with van der Waals surface area (Å²) in [7, 11) is 0. The number of primary amides is 1. The van der Waals surface area contributed by atoms with Gasteiger partial charge in [0.1, 0.15) is 0 Å². The van der Waals surface area contributed by atoms with Crippen molar-refractivity contribution < 1.29 is 14.4 Å². The molecule has 1 fully saturated rings. The van der Waals surface area contributed by atoms with Crippen LogP contribution in [-0.4, -0.2) is 35.7 Å². The van der Waals surface area contributed by atoms with Gasteiger partial charge in [-0.25, -0.2) is 0 Å². The largest absolute Gasteiger partial charge is 0.366 e. The Balaban J connectivity index is 1.73. The number of anilines is 1. The summed E-state index contributed by atoms with van der Waals surface area (Å²) in [6.45, 7) is 2.98. The van der Waals surface area contributed by atoms with Crippen LogP contribution in [0, 0.1) is 5.92 Å². The van der Waals surface area contributed by atoms with Gasteiger partial charge in [0.05, 0.1) is 0 Å². The molecule has 2 rings (SSSR count). The van der Waals surface area contributed by atoms with Gasteiger partial charge in [-0.05, 0) is 43.5 Å². The number of hydrogen-bond donors (Lipinski definition) is 2. The molecule has 1 aromatic carbocycles. The van der Waals surface area contributed by atoms with E-state index in [-0.39, 0.29) is 18.2 Å². The van der Waals surface area contributed by atoms with Crippen molar-refractivity contribution in [2.45, 2.75) is 58.3 Å². The number of benzene rings is 1. The van der Waals surface area contributed by atoms with Gasteiger partial charge in [-0.3, -0.25) is 14.4 Å². The molecular weight excluding hydrogens is 342 g/mol. The fraction of sp³-hybridized carbons (Fsp3) is 0.571. The molecule has 0 radical (unpaired) electrons. The first-order valence-corrected chi connectivity index (χ1v) is 9.97. The van der Waals surface area contributed by atoms with Crippen molar-refractivity contribution in [2.24, 2.45) is 11.7 Å². The highest BCUT2D eigenvalue weighted by Crippen LogP contribution is 2.27. The minimum absolute atomic E-state index is 0.140. The van der Waals surface area contributed by atoms with Crippen molar-refractivity contribution in [3.8, 4) is 0 Å². The standard InChI is InChI=1S/C21H31N3O3/c1-2-24(20(26)13-8-16-6-4-3-5-7-16)15-14-19(25)23-18-11-9-17(10-12-18)21(22)27/h9-12,16H,2-8,13-15H2,1H3,(H2,22,27)(H,23,25). The Bertz CT molecular complexity index is 637. The normalized spacial score (nSPS) is 14.6. The van der Waals surface area contributed by atoms with Crippen LogP contribution in [-0.2, 0) is 9.59 Å². The average Bonchev–Trinajstić information content (AvgIpc) is 2.68. The van der Waals surface area contributed by atoms with E-state index in [0.717, 1.165) is 6.42 Å². The molecule has 3 N–H and O–H groups in total. The quantitative estimate of drug-likeness (QED) is 0.695. The highest BCUT2D eigenvalue weighted by molar-refractivity contribution is 5.94. The number of hydrogen-bond acceptors (Lipinski definition) is 3. The third kappa shape index (κ3) is 7.04. The van der Waals surface area contributed by atoms with Gasteiger partial charge < -0.3 is 16.0 Å². The van der Waals surface area contributed by atoms with E-state index in [0.29, 0.717) is 36.7 Å². The lowest BCUT2D eigenvalue weighted by Crippen LogP contribution is -2.33. The molecule has 1 saturated carbocycles. The fourth-order valence-corrected chi connectivity index (χ4v) is 3.60. The van der Waals surface area contributed by atoms with Crippen LogP contribution in [0.5, 0.6) is 0 Å². The molecule has 0 atom stereocenters. The number of nitrogens with one attached hydrogen (secondary N) is 1. The van der Waals surface area contributed by atoms with Crippen molar-refractivity contribution in [2.75, 3.05) is 18.4 Å². The van der Waals surface area contributed by atoms with Crippen LogP contribution in [0.1, 0.15) is 68.6 Å². The Morgan fingerprint density at radius 3 is 2.33 bits per heavy atom. The maximum atomic E-state index is 12.4. The first kappa shape index (κ1) is 20.9. The molecule has 1 aliphatic carbocycles. The van der Waals surface area contributed by atoms with Gasteiger partial charge >= 0.3 is 0 Å². The molecule has 0 aromatic heterocycles. The second kappa shape index (κ2) is 10.7. The zero-order valence-corrected chi connectivity index (χ0v) is 16.2. The van der Waals surface area contributed by atoms with Gasteiger partial charge in [0.2, 0.25) is 17.7 Å². The SMILES string of the molecule is CCN(CCC(=O)Nc1ccc(C(N)=O)cc1)C(=O)CCC1CCCCC1. The second-order valence-electron chi connectivity index (χ2n) is 7.26. The van der Waals surface area contributed by atoms with E-state index in [1.54, 1.807) is 29.2 Å². The fourth-order valence-electron chi connectivity index (χ4n) is 3.60. The van der Waals surface area contributed by atoms with Gasteiger partial charge in [-0.15, -0.1) is 0 Å². The third-order valence-electron chi connectivity index (χ3n) is 5.29. The summed E-state index contributed by atoms with van der Waals surface area (Å²) < 4.78 is 0. The monoisotopic (exact) mass is 373 g/mol. The Morgan fingerprint density at radius 1 is 1.07 bits per heavy atom. The summed E-state index contributed by atoms with van der Waals surface area (Å²) in [6, 6.07) is 6.44. The average molecular weight is 373 g/mol. The van der Waals surface area contributed by atoms with Crippen LogP contribution in [0.25, 0.3) is 0 Å². The van der Waals surface area contributed by atoms with Crippen molar-refractivity contribution in [1.29, 1.82) is 0 Å². The third-order valence-corrected chi connectivity index (χ3v) is 5.29. The molecule has 6 heteroatoms. The van der Waals surface area contributed by atoms with Crippen LogP contribution >= 0.6 is 0 Å². The lowest BCUT2D eigenvalue weighted by atomic mass is 9.86. The molecule has 1 aromatic rings. The summed E-state index contributed by atoms with van der Waals surface area (Å²) >= 11 is 0. The van der Waals surface area contributed by atoms with Crippen molar-refractivity contribution >= 4 is 23.4 Å². The lowest BCUT2D eigenvalue weighted by Gasteiger charge is -2.24. The van der Waals surface area contributed by atoms with E-state index < -0.39 is 5.91 Å². The molecule has 0 spiro atoms. The predicted octanol–water partition coefficient (Wildman–Crippen LogP) is 3.32. The molecular formula is C21H31N3O3. The number of nitrogens with zero attached hydrogens (tertiary/aromatic N) is 1. The highest BCUT2D eigenvalue weighted by atomic mass is 16.2. The maximum absolute atomic E-state index is 12.4. The Labute approximate surface area is 161 Å². The summed E-state index contributed by atoms with van der Waals surface area (Å²) in [5.74, 6) is 0.174. The summed E-state index contributed by atoms with van der Waals surface area (Å²) in [5, 5.41) is 2.78. The van der Waals surface area contributed by atoms with E-state index in [9.17, 15) is 14.4 Å². The summed E-state index contributed by atoms with van der Waals surface area (Å²) in [4.78, 5) is 37.4. The van der Waals surface area contributed by atoms with Crippen LogP contribution in [0.2, 0.25) is 0 Å². The Morgan fingerprint density at radius 2 is 1.74 bits per heavy atom. The molecule has 27 heavy (non-hydrogen) atoms. The first-order valence-electron chi connectivity index (χ1n) is 9.97. The van der Waals surface area contributed by atoms with E-state index in [2.05, 4.69) is 5.32 Å². The van der Waals surface area contributed by atoms with Crippen molar-refractivity contribution in [3.63, 3.8) is 0 Å². The maximum Gasteiger partial charge on any atom is 0.248 e. The smallest absolute Gasteiger partial charge is 0.248 e. The van der Waals surface area contributed by atoms with Crippen LogP contribution in [0.15, 0.2) is 24.3 Å². The number of carbonyl (C=O) groups is 3. The van der Waals surface area contributed by atoms with Crippen LogP contribution < -0.4 is 11.1 Å². The molecule has 0 bridgehead atoms. The van der Waals surface area contributed by atoms with Crippen molar-refractivity contribution in [1.82, 2.24) is 4.90 Å². The molecule has 0 unspecified atom stereocenters. The predicted molar refractivity (Wildman–Crippen MR) is 106 cm³/mol. The molecule has 0 saturated heterocycles. The highest BCUT2D eigenvalue weighted by Gasteiger charge is 2.18. The molecule has 3 amide bonds. The molecule has 6 nitrogen and oxygen atoms in total. The number of amides is 3. The molecule has 0 heterocycles. The van der Waals surface area contributed by atoms with Gasteiger partial charge in [0, 0.05) is 37.2 Å². The number of rotatable bonds is 9. The van der Waals surface area contributed by atoms with Crippen molar-refractivity contribution in [3.05, 3.63) is 29.8 Å². The van der Waals surface area contributed by atoms with Gasteiger partial charge in [0.15, 0.2) is 0 Å². The zero-order valence-electron chi connectivity index (χ0n) is 16.2. The first-order chi connectivity index (χ1) is 13.0. The topological polar surface area (TPSA) is 92.5 Å². The van der Waals surface area contributed by atoms with Gasteiger partial charge in [0.25, 0.3) is 0 Å². The molecule has 148 valence electrons. The number of nitrogens with two attached hydrogens (primary N) is 1. The van der Waals surface area contributed by atoms with Gasteiger partial charge in [-0.1, -0.05) is 32.1 Å². The van der Waals surface area contributed by atoms with E-state index in [4.69, 9.17) is 5.73 Å². The van der Waals surface area contributed by atoms with E-state index in [1.807, 2.05) is 6.92 Å². The van der Waals surface area contributed by atoms with E-state index in [1.165, 1.54) is 32.1 Å².